The number of fused-ring (bicyclic) bond motifs is 1. The van der Waals surface area contributed by atoms with Gasteiger partial charge in [0.15, 0.2) is 16.3 Å². The molecule has 0 aliphatic carbocycles. The van der Waals surface area contributed by atoms with Crippen LogP contribution in [-0.4, -0.2) is 28.7 Å². The van der Waals surface area contributed by atoms with E-state index in [2.05, 4.69) is 0 Å². The van der Waals surface area contributed by atoms with Crippen molar-refractivity contribution in [1.29, 1.82) is 0 Å². The Labute approximate surface area is 243 Å². The Hall–Kier alpha value is -4.97. The second-order valence-electron chi connectivity index (χ2n) is 9.13. The van der Waals surface area contributed by atoms with Crippen LogP contribution in [0.3, 0.4) is 0 Å². The van der Waals surface area contributed by atoms with E-state index in [-0.39, 0.29) is 22.5 Å². The molecule has 1 aliphatic rings. The van der Waals surface area contributed by atoms with Crippen molar-refractivity contribution < 1.29 is 28.3 Å². The molecule has 0 saturated heterocycles. The van der Waals surface area contributed by atoms with Gasteiger partial charge in [0.05, 0.1) is 24.9 Å². The number of rotatable bonds is 10. The summed E-state index contributed by atoms with van der Waals surface area (Å²) in [6.45, 7) is 6.10. The van der Waals surface area contributed by atoms with Gasteiger partial charge < -0.3 is 18.6 Å². The van der Waals surface area contributed by atoms with E-state index >= 15 is 0 Å². The number of nitro groups is 1. The molecular weight excluding hydrogens is 562 g/mol. The first-order chi connectivity index (χ1) is 20.3. The molecule has 0 saturated carbocycles. The molecule has 2 aromatic carbocycles. The van der Waals surface area contributed by atoms with Crippen LogP contribution in [0.2, 0.25) is 0 Å². The molecule has 0 spiro atoms. The van der Waals surface area contributed by atoms with Gasteiger partial charge in [0, 0.05) is 11.8 Å². The van der Waals surface area contributed by atoms with Crippen molar-refractivity contribution in [3.8, 4) is 11.5 Å². The van der Waals surface area contributed by atoms with Crippen LogP contribution in [0.15, 0.2) is 80.4 Å². The van der Waals surface area contributed by atoms with Crippen molar-refractivity contribution in [1.82, 2.24) is 4.57 Å². The number of carbonyl (C=O) groups is 1. The van der Waals surface area contributed by atoms with Crippen LogP contribution < -0.4 is 24.4 Å². The molecule has 0 radical (unpaired) electrons. The third kappa shape index (κ3) is 5.75. The first-order valence-corrected chi connectivity index (χ1v) is 14.0. The average molecular weight is 590 g/mol. The highest BCUT2D eigenvalue weighted by atomic mass is 32.1. The van der Waals surface area contributed by atoms with Crippen molar-refractivity contribution >= 4 is 35.0 Å². The molecule has 3 heterocycles. The first-order valence-electron chi connectivity index (χ1n) is 13.2. The summed E-state index contributed by atoms with van der Waals surface area (Å²) in [6.07, 6.45) is 1.42. The number of carbonyl (C=O) groups excluding carboxylic acids is 1. The molecule has 42 heavy (non-hydrogen) atoms. The van der Waals surface area contributed by atoms with E-state index < -0.39 is 28.4 Å². The molecule has 0 bridgehead atoms. The normalized spacial score (nSPS) is 14.7. The largest absolute Gasteiger partial charge is 0.490 e. The molecule has 4 aromatic rings. The molecule has 12 heteroatoms. The number of aromatic nitrogens is 1. The zero-order chi connectivity index (χ0) is 29.8. The molecule has 0 N–H and O–H groups in total. The predicted molar refractivity (Wildman–Crippen MR) is 155 cm³/mol. The summed E-state index contributed by atoms with van der Waals surface area (Å²) in [7, 11) is 0. The van der Waals surface area contributed by atoms with Crippen LogP contribution >= 0.6 is 11.3 Å². The minimum absolute atomic E-state index is 0.139. The molecule has 2 aromatic heterocycles. The Kier molecular flexibility index (Phi) is 8.34. The number of hydrogen-bond acceptors (Lipinski definition) is 10. The van der Waals surface area contributed by atoms with Gasteiger partial charge in [-0.05, 0) is 50.1 Å². The Morgan fingerprint density at radius 2 is 1.88 bits per heavy atom. The van der Waals surface area contributed by atoms with Crippen molar-refractivity contribution in [3.63, 3.8) is 0 Å². The maximum Gasteiger partial charge on any atom is 0.433 e. The van der Waals surface area contributed by atoms with Crippen molar-refractivity contribution in [2.75, 3.05) is 13.2 Å². The lowest BCUT2D eigenvalue weighted by molar-refractivity contribution is -0.402. The zero-order valence-electron chi connectivity index (χ0n) is 23.1. The average Bonchev–Trinajstić information content (AvgIpc) is 3.57. The standard InChI is InChI=1S/C30H27N3O8S/c1-4-38-23-15-20(11-13-22(23)40-17-19-9-7-6-8-10-19)27-26(29(35)39-5-2)18(3)32-28(34)24(42-30(32)31-27)16-21-12-14-25(41-21)33(36)37/h6-16,27H,4-5,17H2,1-3H3/b24-16+/t27-/m0/s1. The van der Waals surface area contributed by atoms with Crippen molar-refractivity contribution in [3.05, 3.63) is 113 Å². The molecule has 0 amide bonds. The number of esters is 1. The topological polar surface area (TPSA) is 135 Å². The minimum atomic E-state index is -0.790. The summed E-state index contributed by atoms with van der Waals surface area (Å²) in [4.78, 5) is 42.1. The molecule has 0 fully saturated rings. The van der Waals surface area contributed by atoms with Gasteiger partial charge in [0.1, 0.15) is 27.9 Å². The van der Waals surface area contributed by atoms with Gasteiger partial charge in [-0.15, -0.1) is 0 Å². The van der Waals surface area contributed by atoms with E-state index in [1.807, 2.05) is 37.3 Å². The highest BCUT2D eigenvalue weighted by Gasteiger charge is 2.32. The van der Waals surface area contributed by atoms with Crippen LogP contribution in [0.1, 0.15) is 43.7 Å². The second kappa shape index (κ2) is 12.3. The molecule has 1 atom stereocenters. The summed E-state index contributed by atoms with van der Waals surface area (Å²) in [6, 6.07) is 16.9. The number of allylic oxidation sites excluding steroid dienone is 1. The minimum Gasteiger partial charge on any atom is -0.490 e. The molecule has 0 unspecified atom stereocenters. The van der Waals surface area contributed by atoms with Crippen LogP contribution in [0.4, 0.5) is 5.88 Å². The third-order valence-corrected chi connectivity index (χ3v) is 7.41. The lowest BCUT2D eigenvalue weighted by Crippen LogP contribution is -2.35. The quantitative estimate of drug-likeness (QED) is 0.151. The third-order valence-electron chi connectivity index (χ3n) is 6.43. The molecule has 1 aliphatic heterocycles. The fourth-order valence-electron chi connectivity index (χ4n) is 4.52. The summed E-state index contributed by atoms with van der Waals surface area (Å²) in [5.74, 6) is 0.145. The van der Waals surface area contributed by atoms with Gasteiger partial charge in [-0.3, -0.25) is 19.5 Å². The number of hydrogen-bond donors (Lipinski definition) is 0. The van der Waals surface area contributed by atoms with Crippen molar-refractivity contribution in [2.24, 2.45) is 4.99 Å². The molecule has 5 rings (SSSR count). The van der Waals surface area contributed by atoms with Gasteiger partial charge in [-0.1, -0.05) is 47.7 Å². The highest BCUT2D eigenvalue weighted by Crippen LogP contribution is 2.37. The second-order valence-corrected chi connectivity index (χ2v) is 10.1. The Bertz CT molecular complexity index is 1850. The van der Waals surface area contributed by atoms with Gasteiger partial charge in [-0.25, -0.2) is 9.79 Å². The summed E-state index contributed by atoms with van der Waals surface area (Å²) in [5.41, 5.74) is 1.80. The number of benzene rings is 2. The van der Waals surface area contributed by atoms with Gasteiger partial charge >= 0.3 is 11.9 Å². The highest BCUT2D eigenvalue weighted by molar-refractivity contribution is 7.07. The van der Waals surface area contributed by atoms with Gasteiger partial charge in [0.25, 0.3) is 5.56 Å². The first kappa shape index (κ1) is 28.6. The zero-order valence-corrected chi connectivity index (χ0v) is 23.9. The van der Waals surface area contributed by atoms with Crippen molar-refractivity contribution in [2.45, 2.75) is 33.4 Å². The predicted octanol–water partition coefficient (Wildman–Crippen LogP) is 4.39. The Balaban J connectivity index is 1.59. The fraction of sp³-hybridized carbons (Fsp3) is 0.233. The Morgan fingerprint density at radius 3 is 2.57 bits per heavy atom. The van der Waals surface area contributed by atoms with Gasteiger partial charge in [-0.2, -0.15) is 0 Å². The van der Waals surface area contributed by atoms with E-state index in [0.717, 1.165) is 16.9 Å². The lowest BCUT2D eigenvalue weighted by Gasteiger charge is -2.23. The molecular formula is C30H27N3O8S. The van der Waals surface area contributed by atoms with E-state index in [1.54, 1.807) is 32.0 Å². The number of ether oxygens (including phenoxy) is 3. The number of nitrogens with zero attached hydrogens (tertiary/aromatic N) is 3. The van der Waals surface area contributed by atoms with Crippen LogP contribution in [0.25, 0.3) is 11.8 Å². The smallest absolute Gasteiger partial charge is 0.433 e. The number of thiazole rings is 1. The van der Waals surface area contributed by atoms with E-state index in [9.17, 15) is 19.7 Å². The molecule has 216 valence electrons. The summed E-state index contributed by atoms with van der Waals surface area (Å²) < 4.78 is 24.1. The number of furan rings is 1. The monoisotopic (exact) mass is 589 g/mol. The fourth-order valence-corrected chi connectivity index (χ4v) is 5.54. The van der Waals surface area contributed by atoms with Crippen LogP contribution in [-0.2, 0) is 16.1 Å². The Morgan fingerprint density at radius 1 is 1.10 bits per heavy atom. The molecule has 11 nitrogen and oxygen atoms in total. The van der Waals surface area contributed by atoms with Gasteiger partial charge in [0.2, 0.25) is 0 Å². The SMILES string of the molecule is CCOC(=O)C1=C(C)n2c(s/c(=C/c3ccc([N+](=O)[O-])o3)c2=O)=N[C@H]1c1ccc(OCc2ccccc2)c(OCC)c1. The summed E-state index contributed by atoms with van der Waals surface area (Å²) in [5, 5.41) is 11.0. The summed E-state index contributed by atoms with van der Waals surface area (Å²) >= 11 is 1.08. The lowest BCUT2D eigenvalue weighted by atomic mass is 9.96. The van der Waals surface area contributed by atoms with E-state index in [0.29, 0.717) is 40.8 Å². The van der Waals surface area contributed by atoms with Crippen LogP contribution in [0.5, 0.6) is 11.5 Å². The van der Waals surface area contributed by atoms with Crippen LogP contribution in [0, 0.1) is 10.1 Å². The maximum absolute atomic E-state index is 13.4. The maximum atomic E-state index is 13.4. The van der Waals surface area contributed by atoms with E-state index in [4.69, 9.17) is 23.6 Å². The van der Waals surface area contributed by atoms with E-state index in [1.165, 1.54) is 22.8 Å².